The molecule has 9 heteroatoms. The van der Waals surface area contributed by atoms with E-state index in [-0.39, 0.29) is 21.9 Å². The lowest BCUT2D eigenvalue weighted by Gasteiger charge is -2.17. The Morgan fingerprint density at radius 2 is 1.81 bits per heavy atom. The second-order valence-electron chi connectivity index (χ2n) is 5.93. The number of halogens is 1. The van der Waals surface area contributed by atoms with Gasteiger partial charge in [0, 0.05) is 22.1 Å². The summed E-state index contributed by atoms with van der Waals surface area (Å²) in [6.07, 6.45) is 1.02. The number of hydrogen-bond acceptors (Lipinski definition) is 5. The molecule has 0 fully saturated rings. The smallest absolute Gasteiger partial charge is 0.215 e. The van der Waals surface area contributed by atoms with Gasteiger partial charge >= 0.3 is 0 Å². The van der Waals surface area contributed by atoms with Crippen LogP contribution in [0.5, 0.6) is 0 Å². The fourth-order valence-corrected chi connectivity index (χ4v) is 5.03. The summed E-state index contributed by atoms with van der Waals surface area (Å²) in [7, 11) is -1.77. The molecule has 0 aliphatic carbocycles. The van der Waals surface area contributed by atoms with Gasteiger partial charge in [-0.15, -0.1) is 11.3 Å². The fourth-order valence-electron chi connectivity index (χ4n) is 1.47. The molecule has 1 aromatic rings. The summed E-state index contributed by atoms with van der Waals surface area (Å²) in [6, 6.07) is 3.07. The second-order valence-corrected chi connectivity index (χ2v) is 11.8. The van der Waals surface area contributed by atoms with Crippen molar-refractivity contribution in [2.75, 3.05) is 12.3 Å². The second kappa shape index (κ2) is 6.95. The summed E-state index contributed by atoms with van der Waals surface area (Å²) < 4.78 is 48.5. The van der Waals surface area contributed by atoms with Gasteiger partial charge in [0.15, 0.2) is 0 Å². The topological polar surface area (TPSA) is 80.3 Å². The largest absolute Gasteiger partial charge is 0.270 e. The van der Waals surface area contributed by atoms with E-state index >= 15 is 0 Å². The first-order chi connectivity index (χ1) is 9.39. The number of nitrogens with one attached hydrogen (secondary N) is 1. The lowest BCUT2D eigenvalue weighted by Crippen LogP contribution is -2.29. The Morgan fingerprint density at radius 3 is 2.29 bits per heavy atom. The van der Waals surface area contributed by atoms with Crippen LogP contribution in [0, 0.1) is 5.41 Å². The Hall–Kier alpha value is -0.150. The zero-order chi connectivity index (χ0) is 16.3. The molecule has 5 nitrogen and oxygen atoms in total. The van der Waals surface area contributed by atoms with Crippen molar-refractivity contribution in [3.05, 3.63) is 17.0 Å². The molecule has 0 bridgehead atoms. The Labute approximate surface area is 135 Å². The van der Waals surface area contributed by atoms with E-state index in [0.717, 1.165) is 16.2 Å². The highest BCUT2D eigenvalue weighted by Crippen LogP contribution is 2.25. The molecule has 1 N–H and O–H groups in total. The summed E-state index contributed by atoms with van der Waals surface area (Å²) in [5, 5.41) is 0. The summed E-state index contributed by atoms with van der Waals surface area (Å²) >= 11 is 1.05. The molecule has 122 valence electrons. The Kier molecular flexibility index (Phi) is 6.26. The molecule has 0 saturated heterocycles. The molecule has 0 radical (unpaired) electrons. The molecule has 0 aliphatic rings. The zero-order valence-corrected chi connectivity index (χ0v) is 15.4. The molecule has 0 aromatic carbocycles. The van der Waals surface area contributed by atoms with Crippen LogP contribution < -0.4 is 4.72 Å². The van der Waals surface area contributed by atoms with E-state index in [1.165, 1.54) is 6.07 Å². The van der Waals surface area contributed by atoms with E-state index in [1.807, 2.05) is 20.8 Å². The molecule has 0 spiro atoms. The van der Waals surface area contributed by atoms with Gasteiger partial charge in [-0.2, -0.15) is 0 Å². The minimum Gasteiger partial charge on any atom is -0.215 e. The van der Waals surface area contributed by atoms with E-state index in [9.17, 15) is 16.8 Å². The van der Waals surface area contributed by atoms with E-state index in [2.05, 4.69) is 4.72 Å². The van der Waals surface area contributed by atoms with Crippen LogP contribution in [-0.4, -0.2) is 29.1 Å². The lowest BCUT2D eigenvalue weighted by molar-refractivity contribution is 0.396. The van der Waals surface area contributed by atoms with Crippen LogP contribution in [0.1, 0.15) is 32.1 Å². The van der Waals surface area contributed by atoms with Crippen molar-refractivity contribution in [2.45, 2.75) is 37.8 Å². The normalized spacial score (nSPS) is 13.5. The third-order valence-corrected chi connectivity index (χ3v) is 7.31. The van der Waals surface area contributed by atoms with Crippen LogP contribution in [0.2, 0.25) is 0 Å². The van der Waals surface area contributed by atoms with Gasteiger partial charge in [0.1, 0.15) is 4.21 Å². The van der Waals surface area contributed by atoms with Crippen LogP contribution in [0.15, 0.2) is 16.3 Å². The van der Waals surface area contributed by atoms with E-state index < -0.39 is 19.1 Å². The molecule has 0 aliphatic heterocycles. The Morgan fingerprint density at radius 1 is 1.19 bits per heavy atom. The monoisotopic (exact) mass is 373 g/mol. The number of rotatable bonds is 7. The maximum absolute atomic E-state index is 11.8. The summed E-state index contributed by atoms with van der Waals surface area (Å²) in [5.74, 6) is 0.0856. The van der Waals surface area contributed by atoms with Gasteiger partial charge in [-0.1, -0.05) is 20.8 Å². The first kappa shape index (κ1) is 18.9. The lowest BCUT2D eigenvalue weighted by atomic mass is 9.94. The van der Waals surface area contributed by atoms with E-state index in [4.69, 9.17) is 10.7 Å². The third-order valence-electron chi connectivity index (χ3n) is 2.69. The Bertz CT molecular complexity index is 672. The van der Waals surface area contributed by atoms with Crippen LogP contribution in [0.25, 0.3) is 0 Å². The maximum Gasteiger partial charge on any atom is 0.270 e. The van der Waals surface area contributed by atoms with Crippen molar-refractivity contribution in [1.82, 2.24) is 4.72 Å². The first-order valence-corrected chi connectivity index (χ1v) is 11.2. The van der Waals surface area contributed by atoms with Gasteiger partial charge in [-0.25, -0.2) is 21.6 Å². The number of thiophene rings is 1. The number of sulfonamides is 1. The van der Waals surface area contributed by atoms with Crippen molar-refractivity contribution < 1.29 is 16.8 Å². The molecular weight excluding hydrogens is 354 g/mol. The maximum atomic E-state index is 11.8. The number of hydrogen-bond donors (Lipinski definition) is 1. The molecule has 0 unspecified atom stereocenters. The molecule has 0 amide bonds. The van der Waals surface area contributed by atoms with Gasteiger partial charge in [0.25, 0.3) is 9.05 Å². The SMILES string of the molecule is CC(C)(C)CCS(=O)(=O)NCCc1ccc(S(=O)(=O)Cl)s1. The predicted molar refractivity (Wildman–Crippen MR) is 86.9 cm³/mol. The quantitative estimate of drug-likeness (QED) is 0.745. The summed E-state index contributed by atoms with van der Waals surface area (Å²) in [4.78, 5) is 0.771. The van der Waals surface area contributed by atoms with Gasteiger partial charge in [0.05, 0.1) is 5.75 Å². The van der Waals surface area contributed by atoms with Gasteiger partial charge in [0.2, 0.25) is 10.0 Å². The van der Waals surface area contributed by atoms with Crippen LogP contribution in [0.3, 0.4) is 0 Å². The fraction of sp³-hybridized carbons (Fsp3) is 0.667. The summed E-state index contributed by atoms with van der Waals surface area (Å²) in [5.41, 5.74) is -0.0356. The van der Waals surface area contributed by atoms with Crippen molar-refractivity contribution in [2.24, 2.45) is 5.41 Å². The molecule has 1 aromatic heterocycles. The minimum absolute atomic E-state index is 0.0356. The minimum atomic E-state index is -3.71. The molecule has 0 saturated carbocycles. The molecule has 21 heavy (non-hydrogen) atoms. The highest BCUT2D eigenvalue weighted by Gasteiger charge is 2.17. The summed E-state index contributed by atoms with van der Waals surface area (Å²) in [6.45, 7) is 6.21. The highest BCUT2D eigenvalue weighted by molar-refractivity contribution is 8.15. The molecular formula is C12H20ClNO4S3. The Balaban J connectivity index is 2.48. The van der Waals surface area contributed by atoms with Crippen molar-refractivity contribution in [3.8, 4) is 0 Å². The van der Waals surface area contributed by atoms with Crippen molar-refractivity contribution in [1.29, 1.82) is 0 Å². The third kappa shape index (κ3) is 7.60. The molecule has 1 heterocycles. The van der Waals surface area contributed by atoms with E-state index in [1.54, 1.807) is 6.07 Å². The van der Waals surface area contributed by atoms with Gasteiger partial charge in [-0.05, 0) is 30.4 Å². The standard InChI is InChI=1S/C12H20ClNO4S3/c1-12(2,3)7-9-20(15,16)14-8-6-10-4-5-11(19-10)21(13,17)18/h4-5,14H,6-9H2,1-3H3. The van der Waals surface area contributed by atoms with Crippen molar-refractivity contribution in [3.63, 3.8) is 0 Å². The first-order valence-electron chi connectivity index (χ1n) is 6.40. The van der Waals surface area contributed by atoms with Crippen LogP contribution >= 0.6 is 22.0 Å². The zero-order valence-electron chi connectivity index (χ0n) is 12.2. The predicted octanol–water partition coefficient (Wildman–Crippen LogP) is 2.57. The highest BCUT2D eigenvalue weighted by atomic mass is 35.7. The average Bonchev–Trinajstić information content (AvgIpc) is 2.74. The average molecular weight is 374 g/mol. The van der Waals surface area contributed by atoms with Crippen molar-refractivity contribution >= 4 is 41.1 Å². The van der Waals surface area contributed by atoms with Crippen LogP contribution in [0.4, 0.5) is 0 Å². The molecule has 0 atom stereocenters. The molecule has 1 rings (SSSR count). The van der Waals surface area contributed by atoms with Crippen LogP contribution in [-0.2, 0) is 25.5 Å². The van der Waals surface area contributed by atoms with Gasteiger partial charge in [-0.3, -0.25) is 0 Å². The van der Waals surface area contributed by atoms with Gasteiger partial charge < -0.3 is 0 Å². The van der Waals surface area contributed by atoms with E-state index in [0.29, 0.717) is 12.8 Å².